The predicted octanol–water partition coefficient (Wildman–Crippen LogP) is 1.31. The highest BCUT2D eigenvalue weighted by Crippen LogP contribution is 2.49. The average Bonchev–Trinajstić information content (AvgIpc) is 2.17. The Bertz CT molecular complexity index is 198. The number of hydrogen-bond donors (Lipinski definition) is 1. The highest BCUT2D eigenvalue weighted by molar-refractivity contribution is 5.77. The minimum atomic E-state index is 0.253. The summed E-state index contributed by atoms with van der Waals surface area (Å²) in [4.78, 5) is 11.1. The van der Waals surface area contributed by atoms with Gasteiger partial charge in [-0.25, -0.2) is 0 Å². The van der Waals surface area contributed by atoms with Gasteiger partial charge in [0.1, 0.15) is 0 Å². The zero-order valence-electron chi connectivity index (χ0n) is 7.18. The highest BCUT2D eigenvalue weighted by atomic mass is 16.1. The topological polar surface area (TPSA) is 29.1 Å². The second kappa shape index (κ2) is 1.99. The second-order valence-electron chi connectivity index (χ2n) is 4.41. The maximum absolute atomic E-state index is 11.1. The summed E-state index contributed by atoms with van der Waals surface area (Å²) in [5.41, 5.74) is 0.367. The van der Waals surface area contributed by atoms with E-state index in [1.165, 1.54) is 6.42 Å². The number of carbonyl (C=O) groups is 1. The molecule has 2 atom stereocenters. The number of amides is 1. The first-order valence-electron chi connectivity index (χ1n) is 4.40. The van der Waals surface area contributed by atoms with Gasteiger partial charge in [-0.05, 0) is 24.2 Å². The van der Waals surface area contributed by atoms with E-state index < -0.39 is 0 Å². The van der Waals surface area contributed by atoms with Crippen LogP contribution in [0.1, 0.15) is 33.1 Å². The molecule has 3 rings (SSSR count). The van der Waals surface area contributed by atoms with Crippen LogP contribution in [0, 0.1) is 11.3 Å². The third kappa shape index (κ3) is 0.883. The van der Waals surface area contributed by atoms with Gasteiger partial charge in [0.05, 0.1) is 0 Å². The van der Waals surface area contributed by atoms with Crippen LogP contribution in [0.4, 0.5) is 0 Å². The lowest BCUT2D eigenvalue weighted by Gasteiger charge is -2.50. The Morgan fingerprint density at radius 1 is 1.55 bits per heavy atom. The third-order valence-corrected chi connectivity index (χ3v) is 3.53. The van der Waals surface area contributed by atoms with Crippen molar-refractivity contribution >= 4 is 5.91 Å². The van der Waals surface area contributed by atoms with Crippen LogP contribution in [0.15, 0.2) is 0 Å². The van der Waals surface area contributed by atoms with Gasteiger partial charge in [0.25, 0.3) is 0 Å². The molecule has 2 saturated heterocycles. The average molecular weight is 153 g/mol. The molecule has 1 N–H and O–H groups in total. The lowest BCUT2D eigenvalue weighted by atomic mass is 9.58. The van der Waals surface area contributed by atoms with E-state index in [2.05, 4.69) is 19.2 Å². The predicted molar refractivity (Wildman–Crippen MR) is 43.1 cm³/mol. The fraction of sp³-hybridized carbons (Fsp3) is 0.889. The molecule has 2 aliphatic heterocycles. The smallest absolute Gasteiger partial charge is 0.220 e. The van der Waals surface area contributed by atoms with Gasteiger partial charge in [0, 0.05) is 12.5 Å². The Morgan fingerprint density at radius 2 is 2.27 bits per heavy atom. The molecule has 2 heteroatoms. The fourth-order valence-corrected chi connectivity index (χ4v) is 2.32. The second-order valence-corrected chi connectivity index (χ2v) is 4.41. The zero-order valence-corrected chi connectivity index (χ0v) is 7.18. The molecule has 3 fully saturated rings. The summed E-state index contributed by atoms with van der Waals surface area (Å²) in [5.74, 6) is 1.04. The molecule has 0 aromatic heterocycles. The van der Waals surface area contributed by atoms with Crippen LogP contribution in [-0.4, -0.2) is 11.9 Å². The Morgan fingerprint density at radius 3 is 2.91 bits per heavy atom. The summed E-state index contributed by atoms with van der Waals surface area (Å²) in [5, 5.41) is 3.06. The zero-order chi connectivity index (χ0) is 8.06. The van der Waals surface area contributed by atoms with Gasteiger partial charge in [-0.1, -0.05) is 13.8 Å². The molecule has 0 aromatic rings. The van der Waals surface area contributed by atoms with Crippen molar-refractivity contribution in [1.29, 1.82) is 0 Å². The van der Waals surface area contributed by atoms with E-state index in [4.69, 9.17) is 0 Å². The van der Waals surface area contributed by atoms with Gasteiger partial charge in [-0.2, -0.15) is 0 Å². The van der Waals surface area contributed by atoms with Crippen molar-refractivity contribution in [3.05, 3.63) is 0 Å². The minimum absolute atomic E-state index is 0.253. The molecular formula is C9H15NO. The lowest BCUT2D eigenvalue weighted by molar-refractivity contribution is -0.122. The largest absolute Gasteiger partial charge is 0.353 e. The number of nitrogens with one attached hydrogen (secondary N) is 1. The van der Waals surface area contributed by atoms with Gasteiger partial charge in [-0.15, -0.1) is 0 Å². The molecule has 3 aliphatic rings. The Labute approximate surface area is 67.4 Å². The molecule has 2 bridgehead atoms. The van der Waals surface area contributed by atoms with Gasteiger partial charge in [0.2, 0.25) is 5.91 Å². The number of fused-ring (bicyclic) bond motifs is 3. The molecule has 0 aromatic carbocycles. The van der Waals surface area contributed by atoms with Crippen LogP contribution >= 0.6 is 0 Å². The van der Waals surface area contributed by atoms with Crippen molar-refractivity contribution in [3.8, 4) is 0 Å². The van der Waals surface area contributed by atoms with Gasteiger partial charge in [0.15, 0.2) is 0 Å². The maximum Gasteiger partial charge on any atom is 0.220 e. The van der Waals surface area contributed by atoms with Gasteiger partial charge in [-0.3, -0.25) is 4.79 Å². The SMILES string of the molecule is CC1(C)C2CCC(=O)N[C@@H]1C2. The van der Waals surface area contributed by atoms with Crippen LogP contribution in [0.5, 0.6) is 0 Å². The molecule has 1 saturated carbocycles. The quantitative estimate of drug-likeness (QED) is 0.558. The molecule has 2 nitrogen and oxygen atoms in total. The molecule has 2 heterocycles. The Balaban J connectivity index is 2.17. The minimum Gasteiger partial charge on any atom is -0.353 e. The van der Waals surface area contributed by atoms with E-state index >= 15 is 0 Å². The maximum atomic E-state index is 11.1. The van der Waals surface area contributed by atoms with Crippen LogP contribution in [0.25, 0.3) is 0 Å². The molecule has 1 amide bonds. The summed E-state index contributed by atoms with van der Waals surface area (Å²) < 4.78 is 0. The van der Waals surface area contributed by atoms with Crippen molar-refractivity contribution in [2.75, 3.05) is 0 Å². The van der Waals surface area contributed by atoms with Crippen molar-refractivity contribution in [3.63, 3.8) is 0 Å². The van der Waals surface area contributed by atoms with Crippen LogP contribution in [0.3, 0.4) is 0 Å². The van der Waals surface area contributed by atoms with E-state index in [9.17, 15) is 4.79 Å². The number of hydrogen-bond acceptors (Lipinski definition) is 1. The monoisotopic (exact) mass is 153 g/mol. The summed E-state index contributed by atoms with van der Waals surface area (Å²) in [7, 11) is 0. The van der Waals surface area contributed by atoms with Gasteiger partial charge >= 0.3 is 0 Å². The summed E-state index contributed by atoms with van der Waals surface area (Å²) >= 11 is 0. The Hall–Kier alpha value is -0.530. The molecule has 1 aliphatic carbocycles. The van der Waals surface area contributed by atoms with Crippen LogP contribution in [0.2, 0.25) is 0 Å². The van der Waals surface area contributed by atoms with Crippen LogP contribution in [-0.2, 0) is 4.79 Å². The molecule has 0 spiro atoms. The van der Waals surface area contributed by atoms with Crippen molar-refractivity contribution < 1.29 is 4.79 Å². The van der Waals surface area contributed by atoms with Crippen molar-refractivity contribution in [2.24, 2.45) is 11.3 Å². The molecule has 1 unspecified atom stereocenters. The van der Waals surface area contributed by atoms with Gasteiger partial charge < -0.3 is 5.32 Å². The molecule has 62 valence electrons. The van der Waals surface area contributed by atoms with E-state index in [1.54, 1.807) is 0 Å². The summed E-state index contributed by atoms with van der Waals surface area (Å²) in [6, 6.07) is 0.461. The molecule has 0 radical (unpaired) electrons. The molecular weight excluding hydrogens is 138 g/mol. The summed E-state index contributed by atoms with van der Waals surface area (Å²) in [6.45, 7) is 4.52. The van der Waals surface area contributed by atoms with Crippen LogP contribution < -0.4 is 5.32 Å². The number of rotatable bonds is 0. The number of carbonyl (C=O) groups excluding carboxylic acids is 1. The molecule has 11 heavy (non-hydrogen) atoms. The van der Waals surface area contributed by atoms with E-state index in [0.717, 1.165) is 18.8 Å². The highest BCUT2D eigenvalue weighted by Gasteiger charge is 2.49. The Kier molecular flexibility index (Phi) is 1.29. The summed E-state index contributed by atoms with van der Waals surface area (Å²) in [6.07, 6.45) is 3.04. The standard InChI is InChI=1S/C9H15NO/c1-9(2)6-3-4-8(11)10-7(9)5-6/h6-7H,3-5H2,1-2H3,(H,10,11)/t6?,7-/m1/s1. The van der Waals surface area contributed by atoms with E-state index in [1.807, 2.05) is 0 Å². The first-order valence-corrected chi connectivity index (χ1v) is 4.40. The van der Waals surface area contributed by atoms with Crippen molar-refractivity contribution in [2.45, 2.75) is 39.2 Å². The van der Waals surface area contributed by atoms with E-state index in [-0.39, 0.29) is 5.91 Å². The van der Waals surface area contributed by atoms with E-state index in [0.29, 0.717) is 11.5 Å². The third-order valence-electron chi connectivity index (χ3n) is 3.53. The normalized spacial score (nSPS) is 40.4. The lowest BCUT2D eigenvalue weighted by Crippen LogP contribution is -2.55. The fourth-order valence-electron chi connectivity index (χ4n) is 2.32. The first kappa shape index (κ1) is 7.14. The first-order chi connectivity index (χ1) is 5.10. The van der Waals surface area contributed by atoms with Crippen molar-refractivity contribution in [1.82, 2.24) is 5.32 Å².